The number of carboxylic acids is 1. The first-order chi connectivity index (χ1) is 11.8. The Labute approximate surface area is 144 Å². The van der Waals surface area contributed by atoms with Gasteiger partial charge in [0.1, 0.15) is 24.9 Å². The molecule has 0 amide bonds. The molecule has 8 heteroatoms. The van der Waals surface area contributed by atoms with Crippen molar-refractivity contribution in [3.63, 3.8) is 0 Å². The average molecular weight is 350 g/mol. The van der Waals surface area contributed by atoms with E-state index in [1.807, 2.05) is 0 Å². The third kappa shape index (κ3) is 7.78. The van der Waals surface area contributed by atoms with E-state index >= 15 is 0 Å². The molecule has 1 N–H and O–H groups in total. The summed E-state index contributed by atoms with van der Waals surface area (Å²) in [6, 6.07) is 8.16. The third-order valence-electron chi connectivity index (χ3n) is 2.89. The molecule has 1 unspecified atom stereocenters. The normalized spacial score (nSPS) is 11.1. The highest BCUT2D eigenvalue weighted by Gasteiger charge is 2.24. The summed E-state index contributed by atoms with van der Waals surface area (Å²) in [6.07, 6.45) is -0.497. The van der Waals surface area contributed by atoms with E-state index in [4.69, 9.17) is 14.6 Å². The quantitative estimate of drug-likeness (QED) is 0.405. The van der Waals surface area contributed by atoms with Crippen LogP contribution in [0.15, 0.2) is 42.7 Å². The fraction of sp³-hybridized carbons (Fsp3) is 0.294. The van der Waals surface area contributed by atoms with Crippen molar-refractivity contribution in [2.45, 2.75) is 13.3 Å². The summed E-state index contributed by atoms with van der Waals surface area (Å²) < 4.78 is 14.3. The molecule has 25 heavy (non-hydrogen) atoms. The number of hydrogen-bond acceptors (Lipinski definition) is 7. The summed E-state index contributed by atoms with van der Waals surface area (Å²) in [4.78, 5) is 45.1. The van der Waals surface area contributed by atoms with Gasteiger partial charge < -0.3 is 19.3 Å². The van der Waals surface area contributed by atoms with Crippen molar-refractivity contribution in [2.24, 2.45) is 5.92 Å². The van der Waals surface area contributed by atoms with Crippen LogP contribution in [0.4, 0.5) is 0 Å². The van der Waals surface area contributed by atoms with Crippen LogP contribution in [0.5, 0.6) is 0 Å². The minimum atomic E-state index is -1.30. The standard InChI is InChI=1S/C17H18O8/c1-11(25-17(22)13-6-4-3-5-7-13)9-24-15(19)8-14(16(20)21)10-23-12(2)18/h3-7,14H,1,8-10H2,2H3,(H,20,21). The Morgan fingerprint density at radius 2 is 1.76 bits per heavy atom. The highest BCUT2D eigenvalue weighted by atomic mass is 16.6. The molecule has 0 bridgehead atoms. The van der Waals surface area contributed by atoms with E-state index in [0.717, 1.165) is 6.92 Å². The molecule has 0 heterocycles. The van der Waals surface area contributed by atoms with E-state index in [1.165, 1.54) is 0 Å². The van der Waals surface area contributed by atoms with Crippen molar-refractivity contribution in [3.05, 3.63) is 48.2 Å². The maximum absolute atomic E-state index is 11.8. The van der Waals surface area contributed by atoms with Crippen LogP contribution in [-0.4, -0.2) is 42.2 Å². The molecule has 0 saturated carbocycles. The van der Waals surface area contributed by atoms with Crippen LogP contribution in [0.25, 0.3) is 0 Å². The molecule has 1 aromatic carbocycles. The van der Waals surface area contributed by atoms with Crippen LogP contribution in [-0.2, 0) is 28.6 Å². The molecular formula is C17H18O8. The van der Waals surface area contributed by atoms with Gasteiger partial charge in [0.05, 0.1) is 12.0 Å². The molecule has 1 aromatic rings. The molecule has 0 aliphatic carbocycles. The van der Waals surface area contributed by atoms with Gasteiger partial charge in [-0.25, -0.2) is 4.79 Å². The topological polar surface area (TPSA) is 116 Å². The van der Waals surface area contributed by atoms with Gasteiger partial charge in [0.2, 0.25) is 0 Å². The first-order valence-electron chi connectivity index (χ1n) is 7.26. The van der Waals surface area contributed by atoms with E-state index in [1.54, 1.807) is 30.3 Å². The van der Waals surface area contributed by atoms with E-state index in [2.05, 4.69) is 11.3 Å². The Morgan fingerprint density at radius 3 is 2.32 bits per heavy atom. The Hall–Kier alpha value is -3.16. The number of esters is 3. The largest absolute Gasteiger partial charge is 0.481 e. The van der Waals surface area contributed by atoms with Crippen molar-refractivity contribution in [1.29, 1.82) is 0 Å². The minimum Gasteiger partial charge on any atom is -0.481 e. The molecule has 0 fully saturated rings. The van der Waals surface area contributed by atoms with Gasteiger partial charge in [0.15, 0.2) is 0 Å². The Balaban J connectivity index is 2.41. The predicted octanol–water partition coefficient (Wildman–Crippen LogP) is 1.55. The minimum absolute atomic E-state index is 0.103. The molecule has 0 spiro atoms. The molecule has 8 nitrogen and oxygen atoms in total. The summed E-state index contributed by atoms with van der Waals surface area (Å²) in [5.74, 6) is -4.78. The van der Waals surface area contributed by atoms with Gasteiger partial charge >= 0.3 is 23.9 Å². The number of ether oxygens (including phenoxy) is 3. The van der Waals surface area contributed by atoms with E-state index < -0.39 is 49.4 Å². The van der Waals surface area contributed by atoms with Crippen molar-refractivity contribution in [2.75, 3.05) is 13.2 Å². The number of rotatable bonds is 9. The number of carbonyl (C=O) groups excluding carboxylic acids is 3. The van der Waals surface area contributed by atoms with Crippen molar-refractivity contribution in [1.82, 2.24) is 0 Å². The van der Waals surface area contributed by atoms with Crippen LogP contribution in [0.3, 0.4) is 0 Å². The summed E-state index contributed by atoms with van der Waals surface area (Å²) in [7, 11) is 0. The van der Waals surface area contributed by atoms with Crippen LogP contribution >= 0.6 is 0 Å². The van der Waals surface area contributed by atoms with Crippen LogP contribution in [0.1, 0.15) is 23.7 Å². The maximum atomic E-state index is 11.8. The van der Waals surface area contributed by atoms with E-state index in [0.29, 0.717) is 5.56 Å². The highest BCUT2D eigenvalue weighted by molar-refractivity contribution is 5.90. The molecule has 0 aliphatic heterocycles. The molecule has 0 aliphatic rings. The van der Waals surface area contributed by atoms with Crippen LogP contribution in [0, 0.1) is 5.92 Å². The maximum Gasteiger partial charge on any atom is 0.343 e. The monoisotopic (exact) mass is 350 g/mol. The summed E-state index contributed by atoms with van der Waals surface area (Å²) in [5, 5.41) is 8.97. The molecule has 0 radical (unpaired) electrons. The molecule has 134 valence electrons. The van der Waals surface area contributed by atoms with Gasteiger partial charge in [0, 0.05) is 6.92 Å². The molecule has 1 rings (SSSR count). The Kier molecular flexibility index (Phi) is 7.85. The van der Waals surface area contributed by atoms with Gasteiger partial charge in [0.25, 0.3) is 0 Å². The lowest BCUT2D eigenvalue weighted by Gasteiger charge is -2.12. The second kappa shape index (κ2) is 9.86. The van der Waals surface area contributed by atoms with Crippen LogP contribution < -0.4 is 0 Å². The second-order valence-electron chi connectivity index (χ2n) is 5.00. The average Bonchev–Trinajstić information content (AvgIpc) is 2.57. The summed E-state index contributed by atoms with van der Waals surface area (Å²) in [6.45, 7) is 3.74. The van der Waals surface area contributed by atoms with E-state index in [-0.39, 0.29) is 5.76 Å². The molecule has 0 saturated heterocycles. The van der Waals surface area contributed by atoms with Gasteiger partial charge in [-0.3, -0.25) is 14.4 Å². The number of aliphatic carboxylic acids is 1. The fourth-order valence-corrected chi connectivity index (χ4v) is 1.65. The van der Waals surface area contributed by atoms with Crippen molar-refractivity contribution >= 4 is 23.9 Å². The molecule has 0 aromatic heterocycles. The SMILES string of the molecule is C=C(COC(=O)CC(COC(C)=O)C(=O)O)OC(=O)c1ccccc1. The molecular weight excluding hydrogens is 332 g/mol. The van der Waals surface area contributed by atoms with Gasteiger partial charge in [-0.2, -0.15) is 0 Å². The Bertz CT molecular complexity index is 650. The predicted molar refractivity (Wildman–Crippen MR) is 84.3 cm³/mol. The highest BCUT2D eigenvalue weighted by Crippen LogP contribution is 2.09. The lowest BCUT2D eigenvalue weighted by atomic mass is 10.1. The fourth-order valence-electron chi connectivity index (χ4n) is 1.65. The van der Waals surface area contributed by atoms with Gasteiger partial charge in [-0.15, -0.1) is 0 Å². The lowest BCUT2D eigenvalue weighted by Crippen LogP contribution is -2.25. The molecule has 1 atom stereocenters. The van der Waals surface area contributed by atoms with Gasteiger partial charge in [-0.1, -0.05) is 24.8 Å². The van der Waals surface area contributed by atoms with Crippen LogP contribution in [0.2, 0.25) is 0 Å². The first kappa shape index (κ1) is 19.9. The van der Waals surface area contributed by atoms with Crippen molar-refractivity contribution in [3.8, 4) is 0 Å². The number of carboxylic acid groups (broad SMARTS) is 1. The number of hydrogen-bond donors (Lipinski definition) is 1. The third-order valence-corrected chi connectivity index (χ3v) is 2.89. The zero-order valence-corrected chi connectivity index (χ0v) is 13.6. The summed E-state index contributed by atoms with van der Waals surface area (Å²) in [5.41, 5.74) is 0.308. The zero-order valence-electron chi connectivity index (χ0n) is 13.6. The first-order valence-corrected chi connectivity index (χ1v) is 7.26. The number of carbonyl (C=O) groups is 4. The smallest absolute Gasteiger partial charge is 0.343 e. The van der Waals surface area contributed by atoms with Gasteiger partial charge in [-0.05, 0) is 12.1 Å². The van der Waals surface area contributed by atoms with E-state index in [9.17, 15) is 19.2 Å². The van der Waals surface area contributed by atoms with Crippen molar-refractivity contribution < 1.29 is 38.5 Å². The zero-order chi connectivity index (χ0) is 18.8. The number of benzene rings is 1. The Morgan fingerprint density at radius 1 is 1.12 bits per heavy atom. The summed E-state index contributed by atoms with van der Waals surface area (Å²) >= 11 is 0. The lowest BCUT2D eigenvalue weighted by molar-refractivity contribution is -0.156. The second-order valence-corrected chi connectivity index (χ2v) is 5.00.